The van der Waals surface area contributed by atoms with Crippen LogP contribution in [0.25, 0.3) is 11.4 Å². The summed E-state index contributed by atoms with van der Waals surface area (Å²) in [5, 5.41) is 7.80. The summed E-state index contributed by atoms with van der Waals surface area (Å²) in [4.78, 5) is 8.66. The van der Waals surface area contributed by atoms with Crippen LogP contribution in [0.3, 0.4) is 0 Å². The molecule has 3 aromatic heterocycles. The number of rotatable bonds is 8. The van der Waals surface area contributed by atoms with Crippen LogP contribution in [0, 0.1) is 12.8 Å². The number of aromatic nitrogens is 3. The Kier molecular flexibility index (Phi) is 6.99. The van der Waals surface area contributed by atoms with Crippen molar-refractivity contribution in [2.45, 2.75) is 39.7 Å². The topological polar surface area (TPSA) is 54.8 Å². The molecule has 4 rings (SSSR count). The lowest BCUT2D eigenvalue weighted by Crippen LogP contribution is -2.34. The van der Waals surface area contributed by atoms with Gasteiger partial charge in [-0.2, -0.15) is 0 Å². The SMILES string of the molecule is C=C(NC(CC)C1C=C(Cl)C(C)=CC1)c1ccn(-c2cc(Nc3cccnc3)ncc2C)c1. The van der Waals surface area contributed by atoms with Gasteiger partial charge in [0.25, 0.3) is 0 Å². The van der Waals surface area contributed by atoms with Crippen molar-refractivity contribution in [2.24, 2.45) is 5.92 Å². The number of pyridine rings is 2. The lowest BCUT2D eigenvalue weighted by atomic mass is 9.88. The summed E-state index contributed by atoms with van der Waals surface area (Å²) in [6.45, 7) is 10.6. The zero-order chi connectivity index (χ0) is 23.4. The molecule has 6 heteroatoms. The van der Waals surface area contributed by atoms with Gasteiger partial charge in [0.05, 0.1) is 17.6 Å². The van der Waals surface area contributed by atoms with E-state index in [1.54, 1.807) is 12.4 Å². The summed E-state index contributed by atoms with van der Waals surface area (Å²) >= 11 is 6.39. The zero-order valence-corrected chi connectivity index (χ0v) is 20.1. The fraction of sp³-hybridized carbons (Fsp3) is 0.259. The van der Waals surface area contributed by atoms with Crippen LogP contribution < -0.4 is 10.6 Å². The molecule has 2 atom stereocenters. The van der Waals surface area contributed by atoms with E-state index in [2.05, 4.69) is 83.1 Å². The highest BCUT2D eigenvalue weighted by atomic mass is 35.5. The average molecular weight is 460 g/mol. The number of nitrogens with zero attached hydrogens (tertiary/aromatic N) is 3. The molecular weight excluding hydrogens is 430 g/mol. The van der Waals surface area contributed by atoms with Gasteiger partial charge in [-0.25, -0.2) is 4.98 Å². The third-order valence-corrected chi connectivity index (χ3v) is 6.50. The lowest BCUT2D eigenvalue weighted by Gasteiger charge is -2.28. The van der Waals surface area contributed by atoms with Gasteiger partial charge in [0.15, 0.2) is 0 Å². The first-order chi connectivity index (χ1) is 15.9. The number of halogens is 1. The Labute approximate surface area is 200 Å². The predicted molar refractivity (Wildman–Crippen MR) is 138 cm³/mol. The molecule has 1 aliphatic rings. The Hall–Kier alpha value is -3.31. The summed E-state index contributed by atoms with van der Waals surface area (Å²) in [6, 6.07) is 8.27. The molecule has 0 fully saturated rings. The molecule has 0 bridgehead atoms. The molecule has 1 aliphatic carbocycles. The van der Waals surface area contributed by atoms with Crippen LogP contribution in [0.15, 0.2) is 84.6 Å². The van der Waals surface area contributed by atoms with Gasteiger partial charge in [0, 0.05) is 59.1 Å². The van der Waals surface area contributed by atoms with Crippen LogP contribution >= 0.6 is 11.6 Å². The standard InChI is InChI=1S/C27H30ClN5/c1-5-25(21-9-8-18(2)24(28)13-21)31-20(4)22-10-12-33(17-22)26-14-27(30-15-19(26)3)32-23-7-6-11-29-16-23/h6-8,10-17,21,25,31H,4-5,9H2,1-3H3,(H,30,32). The minimum absolute atomic E-state index is 0.275. The number of hydrogen-bond acceptors (Lipinski definition) is 4. The average Bonchev–Trinajstić information content (AvgIpc) is 3.31. The number of allylic oxidation sites excluding steroid dienone is 3. The molecule has 3 heterocycles. The minimum atomic E-state index is 0.275. The lowest BCUT2D eigenvalue weighted by molar-refractivity contribution is 0.443. The molecule has 2 unspecified atom stereocenters. The fourth-order valence-corrected chi connectivity index (χ4v) is 4.31. The molecule has 2 N–H and O–H groups in total. The first-order valence-electron chi connectivity index (χ1n) is 11.3. The Bertz CT molecular complexity index is 1190. The molecular formula is C27H30ClN5. The highest BCUT2D eigenvalue weighted by molar-refractivity contribution is 6.32. The molecule has 0 saturated carbocycles. The quantitative estimate of drug-likeness (QED) is 0.391. The molecule has 33 heavy (non-hydrogen) atoms. The normalized spacial score (nSPS) is 16.5. The van der Waals surface area contributed by atoms with Gasteiger partial charge in [-0.1, -0.05) is 37.3 Å². The number of aryl methyl sites for hydroxylation is 1. The third-order valence-electron chi connectivity index (χ3n) is 6.08. The molecule has 0 spiro atoms. The predicted octanol–water partition coefficient (Wildman–Crippen LogP) is 6.75. The van der Waals surface area contributed by atoms with E-state index >= 15 is 0 Å². The van der Waals surface area contributed by atoms with Crippen molar-refractivity contribution in [3.8, 4) is 5.69 Å². The first kappa shape index (κ1) is 22.9. The number of anilines is 2. The van der Waals surface area contributed by atoms with Gasteiger partial charge in [0.2, 0.25) is 0 Å². The largest absolute Gasteiger partial charge is 0.382 e. The van der Waals surface area contributed by atoms with Gasteiger partial charge in [-0.15, -0.1) is 0 Å². The van der Waals surface area contributed by atoms with Crippen molar-refractivity contribution >= 4 is 28.8 Å². The number of nitrogens with one attached hydrogen (secondary N) is 2. The van der Waals surface area contributed by atoms with E-state index in [0.29, 0.717) is 5.92 Å². The van der Waals surface area contributed by atoms with Crippen molar-refractivity contribution in [2.75, 3.05) is 5.32 Å². The zero-order valence-electron chi connectivity index (χ0n) is 19.3. The van der Waals surface area contributed by atoms with E-state index in [1.165, 1.54) is 0 Å². The van der Waals surface area contributed by atoms with E-state index < -0.39 is 0 Å². The fourth-order valence-electron chi connectivity index (χ4n) is 4.07. The van der Waals surface area contributed by atoms with Crippen molar-refractivity contribution < 1.29 is 0 Å². The summed E-state index contributed by atoms with van der Waals surface area (Å²) < 4.78 is 2.11. The summed E-state index contributed by atoms with van der Waals surface area (Å²) in [5.74, 6) is 1.12. The minimum Gasteiger partial charge on any atom is -0.382 e. The Morgan fingerprint density at radius 1 is 1.30 bits per heavy atom. The smallest absolute Gasteiger partial charge is 0.132 e. The second-order valence-electron chi connectivity index (χ2n) is 8.47. The van der Waals surface area contributed by atoms with Crippen LogP contribution in [0.4, 0.5) is 11.5 Å². The second-order valence-corrected chi connectivity index (χ2v) is 8.88. The maximum Gasteiger partial charge on any atom is 0.132 e. The molecule has 3 aromatic rings. The summed E-state index contributed by atoms with van der Waals surface area (Å²) in [5.41, 5.74) is 6.18. The maximum atomic E-state index is 6.39. The van der Waals surface area contributed by atoms with E-state index in [4.69, 9.17) is 11.6 Å². The van der Waals surface area contributed by atoms with Crippen molar-refractivity contribution in [1.29, 1.82) is 0 Å². The van der Waals surface area contributed by atoms with E-state index in [1.807, 2.05) is 24.4 Å². The first-order valence-corrected chi connectivity index (χ1v) is 11.6. The van der Waals surface area contributed by atoms with Crippen LogP contribution in [-0.4, -0.2) is 20.6 Å². The van der Waals surface area contributed by atoms with Crippen molar-refractivity contribution in [1.82, 2.24) is 19.9 Å². The molecule has 0 radical (unpaired) electrons. The van der Waals surface area contributed by atoms with Gasteiger partial charge in [0.1, 0.15) is 5.82 Å². The molecule has 0 aromatic carbocycles. The monoisotopic (exact) mass is 459 g/mol. The van der Waals surface area contributed by atoms with Crippen molar-refractivity contribution in [3.63, 3.8) is 0 Å². The molecule has 0 saturated heterocycles. The van der Waals surface area contributed by atoms with Gasteiger partial charge in [-0.3, -0.25) is 4.98 Å². The third kappa shape index (κ3) is 5.37. The molecule has 5 nitrogen and oxygen atoms in total. The molecule has 0 aliphatic heterocycles. The van der Waals surface area contributed by atoms with Gasteiger partial charge >= 0.3 is 0 Å². The van der Waals surface area contributed by atoms with Crippen LogP contribution in [0.5, 0.6) is 0 Å². The summed E-state index contributed by atoms with van der Waals surface area (Å²) in [6.07, 6.45) is 15.9. The van der Waals surface area contributed by atoms with Crippen LogP contribution in [0.1, 0.15) is 37.8 Å². The Morgan fingerprint density at radius 2 is 2.15 bits per heavy atom. The Balaban J connectivity index is 1.49. The van der Waals surface area contributed by atoms with E-state index in [0.717, 1.165) is 57.5 Å². The second kappa shape index (κ2) is 10.1. The molecule has 0 amide bonds. The van der Waals surface area contributed by atoms with E-state index in [-0.39, 0.29) is 6.04 Å². The van der Waals surface area contributed by atoms with Crippen LogP contribution in [0.2, 0.25) is 0 Å². The highest BCUT2D eigenvalue weighted by Crippen LogP contribution is 2.29. The molecule has 170 valence electrons. The van der Waals surface area contributed by atoms with Gasteiger partial charge in [-0.05, 0) is 56.0 Å². The van der Waals surface area contributed by atoms with E-state index in [9.17, 15) is 0 Å². The van der Waals surface area contributed by atoms with Crippen LogP contribution in [-0.2, 0) is 0 Å². The van der Waals surface area contributed by atoms with Crippen molar-refractivity contribution in [3.05, 3.63) is 95.7 Å². The van der Waals surface area contributed by atoms with Gasteiger partial charge < -0.3 is 15.2 Å². The Morgan fingerprint density at radius 3 is 2.88 bits per heavy atom. The maximum absolute atomic E-state index is 6.39. The highest BCUT2D eigenvalue weighted by Gasteiger charge is 2.21. The number of hydrogen-bond donors (Lipinski definition) is 2. The summed E-state index contributed by atoms with van der Waals surface area (Å²) in [7, 11) is 0.